The second-order valence-electron chi connectivity index (χ2n) is 6.38. The average Bonchev–Trinajstić information content (AvgIpc) is 3.11. The summed E-state index contributed by atoms with van der Waals surface area (Å²) < 4.78 is 1.48. The standard InChI is InChI=1S/C21H20N4O2/c1-15(2)20(21(26)23-27)25-18(14-13-16-9-5-3-6-10-16)19(22-24-25)17-11-7-4-8-12-17/h3-12,15,20,27H,1-2H3,(H,23,26)/t20-/m0/s1. The zero-order valence-electron chi connectivity index (χ0n) is 15.1. The van der Waals surface area contributed by atoms with Crippen LogP contribution in [0.5, 0.6) is 0 Å². The molecule has 1 heterocycles. The first-order chi connectivity index (χ1) is 13.1. The predicted molar refractivity (Wildman–Crippen MR) is 102 cm³/mol. The van der Waals surface area contributed by atoms with Gasteiger partial charge in [0.2, 0.25) is 0 Å². The Balaban J connectivity index is 2.16. The van der Waals surface area contributed by atoms with Gasteiger partial charge >= 0.3 is 0 Å². The Morgan fingerprint density at radius 2 is 1.67 bits per heavy atom. The van der Waals surface area contributed by atoms with Crippen LogP contribution in [-0.2, 0) is 4.79 Å². The molecule has 0 aliphatic rings. The van der Waals surface area contributed by atoms with Crippen LogP contribution >= 0.6 is 0 Å². The highest BCUT2D eigenvalue weighted by Crippen LogP contribution is 2.25. The van der Waals surface area contributed by atoms with Gasteiger partial charge in [0.25, 0.3) is 5.91 Å². The molecule has 0 spiro atoms. The lowest BCUT2D eigenvalue weighted by molar-refractivity contribution is -0.134. The van der Waals surface area contributed by atoms with Gasteiger partial charge in [-0.2, -0.15) is 0 Å². The Hall–Kier alpha value is -3.43. The van der Waals surface area contributed by atoms with E-state index in [0.29, 0.717) is 11.4 Å². The summed E-state index contributed by atoms with van der Waals surface area (Å²) >= 11 is 0. The molecule has 0 aliphatic carbocycles. The molecular formula is C21H20N4O2. The van der Waals surface area contributed by atoms with E-state index in [4.69, 9.17) is 5.21 Å². The molecule has 27 heavy (non-hydrogen) atoms. The molecule has 1 amide bonds. The molecular weight excluding hydrogens is 340 g/mol. The molecule has 0 fully saturated rings. The molecule has 1 atom stereocenters. The summed E-state index contributed by atoms with van der Waals surface area (Å²) in [5.74, 6) is 5.54. The molecule has 0 saturated carbocycles. The van der Waals surface area contributed by atoms with E-state index in [0.717, 1.165) is 11.1 Å². The molecule has 136 valence electrons. The van der Waals surface area contributed by atoms with Crippen molar-refractivity contribution in [2.24, 2.45) is 5.92 Å². The lowest BCUT2D eigenvalue weighted by atomic mass is 10.0. The third-order valence-corrected chi connectivity index (χ3v) is 4.11. The van der Waals surface area contributed by atoms with E-state index < -0.39 is 11.9 Å². The first-order valence-electron chi connectivity index (χ1n) is 8.63. The van der Waals surface area contributed by atoms with Crippen molar-refractivity contribution in [1.82, 2.24) is 20.5 Å². The van der Waals surface area contributed by atoms with Gasteiger partial charge in [0.1, 0.15) is 17.4 Å². The fourth-order valence-corrected chi connectivity index (χ4v) is 2.81. The summed E-state index contributed by atoms with van der Waals surface area (Å²) in [6, 6.07) is 18.4. The molecule has 0 aliphatic heterocycles. The number of carbonyl (C=O) groups excluding carboxylic acids is 1. The second kappa shape index (κ2) is 8.30. The van der Waals surface area contributed by atoms with Gasteiger partial charge in [-0.15, -0.1) is 5.10 Å². The quantitative estimate of drug-likeness (QED) is 0.426. The Kier molecular flexibility index (Phi) is 5.64. The Labute approximate surface area is 157 Å². The lowest BCUT2D eigenvalue weighted by Crippen LogP contribution is -2.34. The zero-order chi connectivity index (χ0) is 19.2. The van der Waals surface area contributed by atoms with Gasteiger partial charge in [-0.05, 0) is 24.0 Å². The molecule has 0 saturated heterocycles. The average molecular weight is 360 g/mol. The molecule has 2 aromatic carbocycles. The van der Waals surface area contributed by atoms with Crippen LogP contribution in [-0.4, -0.2) is 26.1 Å². The van der Waals surface area contributed by atoms with Crippen LogP contribution in [0.2, 0.25) is 0 Å². The zero-order valence-corrected chi connectivity index (χ0v) is 15.1. The van der Waals surface area contributed by atoms with Crippen LogP contribution in [0, 0.1) is 17.8 Å². The summed E-state index contributed by atoms with van der Waals surface area (Å²) in [6.07, 6.45) is 0. The van der Waals surface area contributed by atoms with Gasteiger partial charge in [0.05, 0.1) is 0 Å². The van der Waals surface area contributed by atoms with E-state index in [2.05, 4.69) is 22.2 Å². The number of hydrogen-bond donors (Lipinski definition) is 2. The van der Waals surface area contributed by atoms with E-state index in [1.54, 1.807) is 5.48 Å². The van der Waals surface area contributed by atoms with Crippen molar-refractivity contribution in [2.45, 2.75) is 19.9 Å². The first kappa shape index (κ1) is 18.4. The highest BCUT2D eigenvalue weighted by molar-refractivity contribution is 5.80. The Morgan fingerprint density at radius 3 is 2.26 bits per heavy atom. The number of amides is 1. The van der Waals surface area contributed by atoms with Gasteiger partial charge in [-0.1, -0.05) is 73.5 Å². The minimum absolute atomic E-state index is 0.125. The van der Waals surface area contributed by atoms with Crippen LogP contribution in [0.25, 0.3) is 11.3 Å². The second-order valence-corrected chi connectivity index (χ2v) is 6.38. The third kappa shape index (κ3) is 4.05. The highest BCUT2D eigenvalue weighted by atomic mass is 16.5. The van der Waals surface area contributed by atoms with Crippen molar-refractivity contribution < 1.29 is 10.0 Å². The number of aromatic nitrogens is 3. The minimum Gasteiger partial charge on any atom is -0.289 e. The van der Waals surface area contributed by atoms with Gasteiger partial charge in [-0.3, -0.25) is 10.0 Å². The molecule has 0 unspecified atom stereocenters. The normalized spacial score (nSPS) is 11.6. The molecule has 3 rings (SSSR count). The van der Waals surface area contributed by atoms with E-state index in [9.17, 15) is 4.79 Å². The summed E-state index contributed by atoms with van der Waals surface area (Å²) in [6.45, 7) is 3.75. The van der Waals surface area contributed by atoms with E-state index >= 15 is 0 Å². The molecule has 1 aromatic heterocycles. The highest BCUT2D eigenvalue weighted by Gasteiger charge is 2.29. The number of benzene rings is 2. The molecule has 0 radical (unpaired) electrons. The number of hydroxylamine groups is 1. The molecule has 6 nitrogen and oxygen atoms in total. The van der Waals surface area contributed by atoms with E-state index in [-0.39, 0.29) is 5.92 Å². The molecule has 6 heteroatoms. The Bertz CT molecular complexity index is 970. The summed E-state index contributed by atoms with van der Waals surface area (Å²) in [4.78, 5) is 12.2. The smallest absolute Gasteiger partial charge is 0.268 e. The maximum absolute atomic E-state index is 12.2. The van der Waals surface area contributed by atoms with Crippen molar-refractivity contribution in [2.75, 3.05) is 0 Å². The summed E-state index contributed by atoms with van der Waals surface area (Å²) in [5.41, 5.74) is 4.53. The van der Waals surface area contributed by atoms with Gasteiger partial charge in [-0.25, -0.2) is 10.2 Å². The number of carbonyl (C=O) groups is 1. The van der Waals surface area contributed by atoms with Gasteiger partial charge in [0, 0.05) is 11.1 Å². The molecule has 0 bridgehead atoms. The van der Waals surface area contributed by atoms with Crippen molar-refractivity contribution in [3.8, 4) is 23.1 Å². The van der Waals surface area contributed by atoms with E-state index in [1.165, 1.54) is 4.68 Å². The van der Waals surface area contributed by atoms with Gasteiger partial charge < -0.3 is 0 Å². The maximum Gasteiger partial charge on any atom is 0.268 e. The predicted octanol–water partition coefficient (Wildman–Crippen LogP) is 3.05. The lowest BCUT2D eigenvalue weighted by Gasteiger charge is -2.19. The van der Waals surface area contributed by atoms with Crippen LogP contribution in [0.4, 0.5) is 0 Å². The fraction of sp³-hybridized carbons (Fsp3) is 0.190. The number of nitrogens with zero attached hydrogens (tertiary/aromatic N) is 3. The van der Waals surface area contributed by atoms with Crippen LogP contribution < -0.4 is 5.48 Å². The SMILES string of the molecule is CC(C)[C@@H](C(=O)NO)n1nnc(-c2ccccc2)c1C#Cc1ccccc1. The Morgan fingerprint density at radius 1 is 1.04 bits per heavy atom. The number of rotatable bonds is 4. The summed E-state index contributed by atoms with van der Waals surface area (Å²) in [5, 5.41) is 17.6. The van der Waals surface area contributed by atoms with Crippen molar-refractivity contribution in [3.05, 3.63) is 71.9 Å². The first-order valence-corrected chi connectivity index (χ1v) is 8.63. The topological polar surface area (TPSA) is 80.0 Å². The van der Waals surface area contributed by atoms with Crippen molar-refractivity contribution >= 4 is 5.91 Å². The largest absolute Gasteiger partial charge is 0.289 e. The van der Waals surface area contributed by atoms with Crippen molar-refractivity contribution in [1.29, 1.82) is 0 Å². The molecule has 2 N–H and O–H groups in total. The number of hydrogen-bond acceptors (Lipinski definition) is 4. The van der Waals surface area contributed by atoms with Gasteiger partial charge in [0.15, 0.2) is 0 Å². The van der Waals surface area contributed by atoms with E-state index in [1.807, 2.05) is 74.5 Å². The fourth-order valence-electron chi connectivity index (χ4n) is 2.81. The van der Waals surface area contributed by atoms with Crippen LogP contribution in [0.15, 0.2) is 60.7 Å². The van der Waals surface area contributed by atoms with Crippen LogP contribution in [0.3, 0.4) is 0 Å². The maximum atomic E-state index is 12.2. The molecule has 3 aromatic rings. The summed E-state index contributed by atoms with van der Waals surface area (Å²) in [7, 11) is 0. The monoisotopic (exact) mass is 360 g/mol. The van der Waals surface area contributed by atoms with Crippen molar-refractivity contribution in [3.63, 3.8) is 0 Å². The minimum atomic E-state index is -0.736. The third-order valence-electron chi connectivity index (χ3n) is 4.11. The number of nitrogens with one attached hydrogen (secondary N) is 1. The van der Waals surface area contributed by atoms with Crippen LogP contribution in [0.1, 0.15) is 31.1 Å².